The number of ether oxygens (including phenoxy) is 1. The lowest BCUT2D eigenvalue weighted by Crippen LogP contribution is -2.32. The highest BCUT2D eigenvalue weighted by Crippen LogP contribution is 2.32. The molecular weight excluding hydrogens is 298 g/mol. The SMILES string of the molecule is CCOc1ncnc2c1CN(c1ncnc3sccc13)CC2. The second-order valence-electron chi connectivity index (χ2n) is 5.05. The van der Waals surface area contributed by atoms with E-state index in [4.69, 9.17) is 4.74 Å². The number of nitrogens with zero attached hydrogens (tertiary/aromatic N) is 5. The Morgan fingerprint density at radius 3 is 3.05 bits per heavy atom. The number of aromatic nitrogens is 4. The van der Waals surface area contributed by atoms with E-state index in [9.17, 15) is 0 Å². The van der Waals surface area contributed by atoms with Crippen LogP contribution in [0.25, 0.3) is 10.2 Å². The lowest BCUT2D eigenvalue weighted by molar-refractivity contribution is 0.320. The van der Waals surface area contributed by atoms with E-state index in [1.165, 1.54) is 0 Å². The van der Waals surface area contributed by atoms with Gasteiger partial charge < -0.3 is 9.64 Å². The fourth-order valence-corrected chi connectivity index (χ4v) is 3.51. The van der Waals surface area contributed by atoms with Gasteiger partial charge in [-0.3, -0.25) is 0 Å². The summed E-state index contributed by atoms with van der Waals surface area (Å²) in [5.41, 5.74) is 2.14. The number of rotatable bonds is 3. The van der Waals surface area contributed by atoms with Crippen LogP contribution >= 0.6 is 11.3 Å². The van der Waals surface area contributed by atoms with Crippen molar-refractivity contribution in [2.45, 2.75) is 19.9 Å². The van der Waals surface area contributed by atoms with Crippen LogP contribution in [0.5, 0.6) is 5.88 Å². The van der Waals surface area contributed by atoms with Crippen LogP contribution in [0.15, 0.2) is 24.1 Å². The Morgan fingerprint density at radius 2 is 2.14 bits per heavy atom. The van der Waals surface area contributed by atoms with E-state index in [-0.39, 0.29) is 0 Å². The van der Waals surface area contributed by atoms with Crippen molar-refractivity contribution in [2.75, 3.05) is 18.1 Å². The zero-order valence-electron chi connectivity index (χ0n) is 12.2. The molecule has 1 aliphatic rings. The highest BCUT2D eigenvalue weighted by Gasteiger charge is 2.24. The van der Waals surface area contributed by atoms with Crippen molar-refractivity contribution in [2.24, 2.45) is 0 Å². The van der Waals surface area contributed by atoms with Gasteiger partial charge >= 0.3 is 0 Å². The summed E-state index contributed by atoms with van der Waals surface area (Å²) >= 11 is 1.64. The number of fused-ring (bicyclic) bond motifs is 2. The third kappa shape index (κ3) is 2.18. The first-order valence-corrected chi connectivity index (χ1v) is 8.13. The lowest BCUT2D eigenvalue weighted by atomic mass is 10.1. The van der Waals surface area contributed by atoms with Crippen LogP contribution in [0.4, 0.5) is 5.82 Å². The molecule has 0 amide bonds. The van der Waals surface area contributed by atoms with Gasteiger partial charge in [-0.2, -0.15) is 0 Å². The summed E-state index contributed by atoms with van der Waals surface area (Å²) in [7, 11) is 0. The number of hydrogen-bond donors (Lipinski definition) is 0. The molecule has 0 spiro atoms. The maximum atomic E-state index is 5.65. The molecule has 3 aromatic heterocycles. The highest BCUT2D eigenvalue weighted by molar-refractivity contribution is 7.16. The van der Waals surface area contributed by atoms with Gasteiger partial charge in [0.1, 0.15) is 23.3 Å². The van der Waals surface area contributed by atoms with Crippen molar-refractivity contribution < 1.29 is 4.74 Å². The monoisotopic (exact) mass is 313 g/mol. The molecule has 7 heteroatoms. The van der Waals surface area contributed by atoms with E-state index in [2.05, 4.69) is 36.3 Å². The van der Waals surface area contributed by atoms with Crippen LogP contribution in [0.2, 0.25) is 0 Å². The van der Waals surface area contributed by atoms with Crippen molar-refractivity contribution in [3.63, 3.8) is 0 Å². The van der Waals surface area contributed by atoms with Gasteiger partial charge in [-0.25, -0.2) is 19.9 Å². The molecule has 0 radical (unpaired) electrons. The first-order valence-electron chi connectivity index (χ1n) is 7.25. The second kappa shape index (κ2) is 5.49. The molecule has 0 saturated heterocycles. The average molecular weight is 313 g/mol. The van der Waals surface area contributed by atoms with Crippen LogP contribution in [0.1, 0.15) is 18.2 Å². The molecule has 0 aliphatic carbocycles. The molecule has 1 aliphatic heterocycles. The number of hydrogen-bond acceptors (Lipinski definition) is 7. The zero-order valence-corrected chi connectivity index (χ0v) is 13.0. The quantitative estimate of drug-likeness (QED) is 0.740. The molecule has 0 saturated carbocycles. The molecule has 112 valence electrons. The van der Waals surface area contributed by atoms with E-state index in [1.54, 1.807) is 24.0 Å². The molecule has 0 atom stereocenters. The fraction of sp³-hybridized carbons (Fsp3) is 0.333. The van der Waals surface area contributed by atoms with Crippen molar-refractivity contribution in [3.05, 3.63) is 35.4 Å². The van der Waals surface area contributed by atoms with Gasteiger partial charge in [0.2, 0.25) is 5.88 Å². The summed E-state index contributed by atoms with van der Waals surface area (Å²) < 4.78 is 5.65. The average Bonchev–Trinajstić information content (AvgIpc) is 3.04. The van der Waals surface area contributed by atoms with Gasteiger partial charge in [-0.05, 0) is 18.4 Å². The Balaban J connectivity index is 1.74. The van der Waals surface area contributed by atoms with Crippen molar-refractivity contribution in [3.8, 4) is 5.88 Å². The van der Waals surface area contributed by atoms with Crippen LogP contribution < -0.4 is 9.64 Å². The summed E-state index contributed by atoms with van der Waals surface area (Å²) in [6, 6.07) is 2.08. The summed E-state index contributed by atoms with van der Waals surface area (Å²) in [6.45, 7) is 4.17. The molecule has 4 rings (SSSR count). The van der Waals surface area contributed by atoms with E-state index >= 15 is 0 Å². The Bertz CT molecular complexity index is 819. The van der Waals surface area contributed by atoms with Crippen molar-refractivity contribution in [1.82, 2.24) is 19.9 Å². The first kappa shape index (κ1) is 13.4. The standard InChI is InChI=1S/C15H15N5OS/c1-2-21-14-11-7-20(5-3-12(11)16-8-18-14)13-10-4-6-22-15(10)19-9-17-13/h4,6,8-9H,2-3,5,7H2,1H3. The molecule has 0 aromatic carbocycles. The first-order chi connectivity index (χ1) is 10.9. The molecule has 22 heavy (non-hydrogen) atoms. The van der Waals surface area contributed by atoms with Gasteiger partial charge in [0.15, 0.2) is 0 Å². The minimum absolute atomic E-state index is 0.603. The minimum atomic E-state index is 0.603. The zero-order chi connectivity index (χ0) is 14.9. The third-order valence-electron chi connectivity index (χ3n) is 3.78. The summed E-state index contributed by atoms with van der Waals surface area (Å²) in [4.78, 5) is 20.7. The molecule has 0 unspecified atom stereocenters. The molecular formula is C15H15N5OS. The summed E-state index contributed by atoms with van der Waals surface area (Å²) in [6.07, 6.45) is 4.09. The van der Waals surface area contributed by atoms with E-state index in [0.29, 0.717) is 19.0 Å². The second-order valence-corrected chi connectivity index (χ2v) is 5.94. The highest BCUT2D eigenvalue weighted by atomic mass is 32.1. The summed E-state index contributed by atoms with van der Waals surface area (Å²) in [5, 5.41) is 3.15. The van der Waals surface area contributed by atoms with Gasteiger partial charge in [-0.1, -0.05) is 0 Å². The molecule has 6 nitrogen and oxygen atoms in total. The Kier molecular flexibility index (Phi) is 3.34. The maximum Gasteiger partial charge on any atom is 0.221 e. The minimum Gasteiger partial charge on any atom is -0.478 e. The number of thiophene rings is 1. The van der Waals surface area contributed by atoms with Gasteiger partial charge in [-0.15, -0.1) is 11.3 Å². The predicted molar refractivity (Wildman–Crippen MR) is 85.4 cm³/mol. The van der Waals surface area contributed by atoms with Crippen molar-refractivity contribution >= 4 is 27.4 Å². The molecule has 0 fully saturated rings. The Hall–Kier alpha value is -2.28. The van der Waals surface area contributed by atoms with E-state index in [1.807, 2.05) is 6.92 Å². The largest absolute Gasteiger partial charge is 0.478 e. The Morgan fingerprint density at radius 1 is 1.23 bits per heavy atom. The van der Waals surface area contributed by atoms with Gasteiger partial charge in [0.25, 0.3) is 0 Å². The molecule has 4 heterocycles. The van der Waals surface area contributed by atoms with Gasteiger partial charge in [0, 0.05) is 13.0 Å². The fourth-order valence-electron chi connectivity index (χ4n) is 2.79. The summed E-state index contributed by atoms with van der Waals surface area (Å²) in [5.74, 6) is 1.66. The van der Waals surface area contributed by atoms with Crippen molar-refractivity contribution in [1.29, 1.82) is 0 Å². The molecule has 0 bridgehead atoms. The number of anilines is 1. The smallest absolute Gasteiger partial charge is 0.221 e. The normalized spacial score (nSPS) is 14.1. The van der Waals surface area contributed by atoms with Crippen LogP contribution in [-0.2, 0) is 13.0 Å². The van der Waals surface area contributed by atoms with Crippen LogP contribution in [0, 0.1) is 0 Å². The molecule has 3 aromatic rings. The van der Waals surface area contributed by atoms with Crippen LogP contribution in [-0.4, -0.2) is 33.1 Å². The molecule has 0 N–H and O–H groups in total. The van der Waals surface area contributed by atoms with Crippen LogP contribution in [0.3, 0.4) is 0 Å². The third-order valence-corrected chi connectivity index (χ3v) is 4.60. The lowest BCUT2D eigenvalue weighted by Gasteiger charge is -2.30. The van der Waals surface area contributed by atoms with Gasteiger partial charge in [0.05, 0.1) is 29.8 Å². The van der Waals surface area contributed by atoms with E-state index < -0.39 is 0 Å². The topological polar surface area (TPSA) is 64.0 Å². The maximum absolute atomic E-state index is 5.65. The Labute approximate surface area is 131 Å². The van der Waals surface area contributed by atoms with E-state index in [0.717, 1.165) is 40.3 Å². The predicted octanol–water partition coefficient (Wildman–Crippen LogP) is 2.44.